The number of carbonyl (C=O) groups is 1. The van der Waals surface area contributed by atoms with Crippen molar-refractivity contribution in [2.75, 3.05) is 13.7 Å². The van der Waals surface area contributed by atoms with E-state index in [-0.39, 0.29) is 17.4 Å². The molecule has 1 heterocycles. The van der Waals surface area contributed by atoms with Crippen LogP contribution in [0.2, 0.25) is 0 Å². The lowest BCUT2D eigenvalue weighted by atomic mass is 9.94. The van der Waals surface area contributed by atoms with Gasteiger partial charge in [0.1, 0.15) is 17.1 Å². The summed E-state index contributed by atoms with van der Waals surface area (Å²) in [6.45, 7) is 5.93. The number of furan rings is 1. The minimum Gasteiger partial charge on any atom is -0.465 e. The first-order valence-electron chi connectivity index (χ1n) is 5.68. The summed E-state index contributed by atoms with van der Waals surface area (Å²) in [5.74, 6) is 0.828. The van der Waals surface area contributed by atoms with E-state index in [1.165, 1.54) is 7.11 Å². The van der Waals surface area contributed by atoms with Gasteiger partial charge < -0.3 is 14.3 Å². The highest BCUT2D eigenvalue weighted by Gasteiger charge is 2.64. The number of esters is 1. The van der Waals surface area contributed by atoms with Gasteiger partial charge in [-0.3, -0.25) is 0 Å². The highest BCUT2D eigenvalue weighted by Crippen LogP contribution is 2.64. The molecular weight excluding hydrogens is 220 g/mol. The van der Waals surface area contributed by atoms with E-state index in [9.17, 15) is 9.90 Å². The number of aryl methyl sites for hydroxylation is 1. The molecule has 1 atom stereocenters. The smallest absolute Gasteiger partial charge is 0.341 e. The lowest BCUT2D eigenvalue weighted by Crippen LogP contribution is -2.18. The van der Waals surface area contributed by atoms with Gasteiger partial charge in [0.05, 0.1) is 19.1 Å². The van der Waals surface area contributed by atoms with Crippen LogP contribution in [0, 0.1) is 12.3 Å². The summed E-state index contributed by atoms with van der Waals surface area (Å²) in [4.78, 5) is 11.5. The molecule has 0 aliphatic heterocycles. The second-order valence-electron chi connectivity index (χ2n) is 5.37. The summed E-state index contributed by atoms with van der Waals surface area (Å²) in [5, 5.41) is 9.57. The van der Waals surface area contributed by atoms with E-state index in [0.717, 1.165) is 6.42 Å². The van der Waals surface area contributed by atoms with Crippen molar-refractivity contribution in [1.82, 2.24) is 0 Å². The van der Waals surface area contributed by atoms with Gasteiger partial charge in [0.2, 0.25) is 0 Å². The minimum absolute atomic E-state index is 0.0133. The van der Waals surface area contributed by atoms with Crippen LogP contribution in [0.1, 0.15) is 42.1 Å². The van der Waals surface area contributed by atoms with Crippen molar-refractivity contribution < 1.29 is 19.1 Å². The van der Waals surface area contributed by atoms with E-state index in [2.05, 4.69) is 18.6 Å². The summed E-state index contributed by atoms with van der Waals surface area (Å²) in [6, 6.07) is 1.70. The summed E-state index contributed by atoms with van der Waals surface area (Å²) >= 11 is 0. The highest BCUT2D eigenvalue weighted by molar-refractivity contribution is 5.90. The average molecular weight is 238 g/mol. The van der Waals surface area contributed by atoms with E-state index in [4.69, 9.17) is 4.42 Å². The van der Waals surface area contributed by atoms with Crippen molar-refractivity contribution in [3.63, 3.8) is 0 Å². The van der Waals surface area contributed by atoms with Crippen LogP contribution in [0.5, 0.6) is 0 Å². The lowest BCUT2D eigenvalue weighted by molar-refractivity contribution is 0.0599. The number of methoxy groups -OCH3 is 1. The van der Waals surface area contributed by atoms with Gasteiger partial charge in [0, 0.05) is 0 Å². The van der Waals surface area contributed by atoms with Crippen molar-refractivity contribution in [2.24, 2.45) is 5.41 Å². The van der Waals surface area contributed by atoms with Crippen LogP contribution in [0.4, 0.5) is 0 Å². The molecular formula is C13H18O4. The summed E-state index contributed by atoms with van der Waals surface area (Å²) in [5.41, 5.74) is 0.113. The zero-order chi connectivity index (χ0) is 12.8. The number of hydrogen-bond acceptors (Lipinski definition) is 4. The Bertz CT molecular complexity index is 458. The van der Waals surface area contributed by atoms with E-state index in [0.29, 0.717) is 17.1 Å². The molecule has 1 aromatic rings. The monoisotopic (exact) mass is 238 g/mol. The van der Waals surface area contributed by atoms with Gasteiger partial charge in [-0.2, -0.15) is 0 Å². The van der Waals surface area contributed by atoms with Crippen molar-refractivity contribution >= 4 is 5.97 Å². The van der Waals surface area contributed by atoms with Gasteiger partial charge in [-0.05, 0) is 24.8 Å². The molecule has 94 valence electrons. The Morgan fingerprint density at radius 1 is 1.59 bits per heavy atom. The average Bonchev–Trinajstić information content (AvgIpc) is 2.65. The maximum atomic E-state index is 11.5. The predicted molar refractivity (Wildman–Crippen MR) is 61.9 cm³/mol. The third-order valence-corrected chi connectivity index (χ3v) is 3.98. The van der Waals surface area contributed by atoms with Gasteiger partial charge in [-0.25, -0.2) is 4.79 Å². The Kier molecular flexibility index (Phi) is 2.58. The quantitative estimate of drug-likeness (QED) is 0.818. The van der Waals surface area contributed by atoms with Crippen LogP contribution in [-0.4, -0.2) is 24.8 Å². The Balaban J connectivity index is 2.39. The number of aliphatic hydroxyl groups is 1. The number of hydrogen-bond donors (Lipinski definition) is 1. The maximum Gasteiger partial charge on any atom is 0.341 e. The molecule has 2 rings (SSSR count). The van der Waals surface area contributed by atoms with E-state index >= 15 is 0 Å². The first-order valence-corrected chi connectivity index (χ1v) is 5.68. The molecule has 17 heavy (non-hydrogen) atoms. The van der Waals surface area contributed by atoms with E-state index in [1.54, 1.807) is 13.0 Å². The topological polar surface area (TPSA) is 59.7 Å². The van der Waals surface area contributed by atoms with Crippen LogP contribution in [0.15, 0.2) is 10.5 Å². The largest absolute Gasteiger partial charge is 0.465 e. The van der Waals surface area contributed by atoms with Gasteiger partial charge in [0.15, 0.2) is 0 Å². The molecule has 1 aliphatic rings. The van der Waals surface area contributed by atoms with Crippen molar-refractivity contribution in [3.05, 3.63) is 23.2 Å². The second-order valence-corrected chi connectivity index (χ2v) is 5.37. The SMILES string of the molecule is COC(=O)c1cc(C2(CO)CC2(C)C)oc1C. The maximum absolute atomic E-state index is 11.5. The van der Waals surface area contributed by atoms with Gasteiger partial charge in [-0.1, -0.05) is 13.8 Å². The molecule has 0 spiro atoms. The second kappa shape index (κ2) is 3.60. The first kappa shape index (κ1) is 12.2. The van der Waals surface area contributed by atoms with Crippen molar-refractivity contribution in [1.29, 1.82) is 0 Å². The zero-order valence-corrected chi connectivity index (χ0v) is 10.7. The Hall–Kier alpha value is -1.29. The standard InChI is InChI=1S/C13H18O4/c1-8-9(11(15)16-4)5-10(17-8)13(7-14)6-12(13,2)3/h5,14H,6-7H2,1-4H3. The molecule has 4 nitrogen and oxygen atoms in total. The third kappa shape index (κ3) is 1.59. The fraction of sp³-hybridized carbons (Fsp3) is 0.615. The third-order valence-electron chi connectivity index (χ3n) is 3.98. The molecule has 1 saturated carbocycles. The van der Waals surface area contributed by atoms with E-state index < -0.39 is 5.97 Å². The van der Waals surface area contributed by atoms with Crippen molar-refractivity contribution in [3.8, 4) is 0 Å². The zero-order valence-electron chi connectivity index (χ0n) is 10.7. The highest BCUT2D eigenvalue weighted by atomic mass is 16.5. The minimum atomic E-state index is -0.399. The van der Waals surface area contributed by atoms with Crippen LogP contribution in [0.25, 0.3) is 0 Å². The molecule has 0 saturated heterocycles. The predicted octanol–water partition coefficient (Wildman–Crippen LogP) is 2.03. The first-order chi connectivity index (χ1) is 7.88. The van der Waals surface area contributed by atoms with Crippen molar-refractivity contribution in [2.45, 2.75) is 32.6 Å². The van der Waals surface area contributed by atoms with Gasteiger partial charge >= 0.3 is 5.97 Å². The Labute approximate surface area is 101 Å². The number of carbonyl (C=O) groups excluding carboxylic acids is 1. The fourth-order valence-electron chi connectivity index (χ4n) is 2.51. The molecule has 0 bridgehead atoms. The normalized spacial score (nSPS) is 25.7. The van der Waals surface area contributed by atoms with Crippen LogP contribution in [-0.2, 0) is 10.2 Å². The molecule has 0 amide bonds. The van der Waals surface area contributed by atoms with Gasteiger partial charge in [0.25, 0.3) is 0 Å². The molecule has 1 unspecified atom stereocenters. The molecule has 0 radical (unpaired) electrons. The molecule has 1 aromatic heterocycles. The van der Waals surface area contributed by atoms with Crippen LogP contribution < -0.4 is 0 Å². The van der Waals surface area contributed by atoms with Crippen LogP contribution in [0.3, 0.4) is 0 Å². The molecule has 4 heteroatoms. The summed E-state index contributed by atoms with van der Waals surface area (Å²) in [7, 11) is 1.34. The number of ether oxygens (including phenoxy) is 1. The molecule has 1 N–H and O–H groups in total. The van der Waals surface area contributed by atoms with Gasteiger partial charge in [-0.15, -0.1) is 0 Å². The summed E-state index contributed by atoms with van der Waals surface area (Å²) < 4.78 is 10.3. The summed E-state index contributed by atoms with van der Waals surface area (Å²) in [6.07, 6.45) is 0.865. The number of aliphatic hydroxyl groups excluding tert-OH is 1. The number of rotatable bonds is 3. The Morgan fingerprint density at radius 3 is 2.59 bits per heavy atom. The molecule has 1 fully saturated rings. The molecule has 1 aliphatic carbocycles. The molecule has 0 aromatic carbocycles. The van der Waals surface area contributed by atoms with Crippen LogP contribution >= 0.6 is 0 Å². The Morgan fingerprint density at radius 2 is 2.18 bits per heavy atom. The van der Waals surface area contributed by atoms with E-state index in [1.807, 2.05) is 0 Å². The lowest BCUT2D eigenvalue weighted by Gasteiger charge is -2.14. The fourth-order valence-corrected chi connectivity index (χ4v) is 2.51.